The van der Waals surface area contributed by atoms with Crippen molar-refractivity contribution in [2.75, 3.05) is 0 Å². The third-order valence-corrected chi connectivity index (χ3v) is 4.95. The molecule has 2 heterocycles. The smallest absolute Gasteiger partial charge is 0.303 e. The zero-order chi connectivity index (χ0) is 21.3. The van der Waals surface area contributed by atoms with Crippen LogP contribution >= 0.6 is 0 Å². The van der Waals surface area contributed by atoms with Crippen LogP contribution in [0.2, 0.25) is 0 Å². The molecule has 0 saturated carbocycles. The van der Waals surface area contributed by atoms with Gasteiger partial charge in [0.15, 0.2) is 11.6 Å². The van der Waals surface area contributed by atoms with E-state index < -0.39 is 17.6 Å². The maximum absolute atomic E-state index is 13.5. The van der Waals surface area contributed by atoms with E-state index in [2.05, 4.69) is 10.3 Å². The first-order valence-electron chi connectivity index (χ1n) is 9.35. The zero-order valence-corrected chi connectivity index (χ0v) is 15.9. The van der Waals surface area contributed by atoms with E-state index in [0.717, 1.165) is 17.7 Å². The first kappa shape index (κ1) is 19.7. The first-order valence-corrected chi connectivity index (χ1v) is 9.35. The molecule has 1 N–H and O–H groups in total. The summed E-state index contributed by atoms with van der Waals surface area (Å²) in [6.07, 6.45) is 1.96. The Morgan fingerprint density at radius 2 is 1.77 bits per heavy atom. The van der Waals surface area contributed by atoms with Crippen molar-refractivity contribution in [1.82, 2.24) is 19.9 Å². The van der Waals surface area contributed by atoms with Gasteiger partial charge in [-0.2, -0.15) is 0 Å². The zero-order valence-electron chi connectivity index (χ0n) is 15.9. The minimum atomic E-state index is -0.916. The molecule has 0 unspecified atom stereocenters. The third kappa shape index (κ3) is 4.19. The second-order valence-electron chi connectivity index (χ2n) is 7.20. The van der Waals surface area contributed by atoms with Crippen LogP contribution in [-0.2, 0) is 30.8 Å². The van der Waals surface area contributed by atoms with Crippen molar-refractivity contribution < 1.29 is 23.5 Å². The molecule has 1 aliphatic heterocycles. The maximum Gasteiger partial charge on any atom is 0.303 e. The summed E-state index contributed by atoms with van der Waals surface area (Å²) in [6.45, 7) is 0.828. The number of fused-ring (bicyclic) bond motifs is 1. The molecule has 3 aromatic rings. The molecule has 1 aliphatic rings. The second kappa shape index (κ2) is 8.02. The number of carbonyl (C=O) groups is 2. The van der Waals surface area contributed by atoms with Crippen LogP contribution in [0.3, 0.4) is 0 Å². The van der Waals surface area contributed by atoms with Crippen LogP contribution in [-0.4, -0.2) is 36.9 Å². The van der Waals surface area contributed by atoms with E-state index in [0.29, 0.717) is 35.3 Å². The van der Waals surface area contributed by atoms with E-state index in [4.69, 9.17) is 5.11 Å². The Morgan fingerprint density at radius 1 is 1.07 bits per heavy atom. The van der Waals surface area contributed by atoms with Crippen molar-refractivity contribution in [2.45, 2.75) is 32.5 Å². The van der Waals surface area contributed by atoms with Gasteiger partial charge in [-0.1, -0.05) is 17.3 Å². The van der Waals surface area contributed by atoms with Crippen LogP contribution in [0.1, 0.15) is 39.2 Å². The number of carboxylic acid groups (broad SMARTS) is 1. The fraction of sp³-hybridized carbons (Fsp3) is 0.238. The van der Waals surface area contributed by atoms with Crippen LogP contribution < -0.4 is 0 Å². The number of hydrogen-bond donors (Lipinski definition) is 1. The molecule has 30 heavy (non-hydrogen) atoms. The summed E-state index contributed by atoms with van der Waals surface area (Å²) < 4.78 is 28.5. The van der Waals surface area contributed by atoms with E-state index >= 15 is 0 Å². The van der Waals surface area contributed by atoms with Gasteiger partial charge in [0.05, 0.1) is 18.7 Å². The third-order valence-electron chi connectivity index (χ3n) is 4.95. The Hall–Kier alpha value is -3.62. The van der Waals surface area contributed by atoms with Crippen LogP contribution in [0.5, 0.6) is 0 Å². The first-order chi connectivity index (χ1) is 14.4. The van der Waals surface area contributed by atoms with E-state index in [9.17, 15) is 18.4 Å². The highest BCUT2D eigenvalue weighted by Crippen LogP contribution is 2.26. The van der Waals surface area contributed by atoms with Crippen LogP contribution in [0, 0.1) is 11.6 Å². The van der Waals surface area contributed by atoms with Gasteiger partial charge in [-0.25, -0.2) is 13.5 Å². The largest absolute Gasteiger partial charge is 0.481 e. The molecule has 0 aliphatic carbocycles. The number of aryl methyl sites for hydroxylation is 1. The van der Waals surface area contributed by atoms with Gasteiger partial charge in [0, 0.05) is 31.3 Å². The Bertz CT molecular complexity index is 1100. The van der Waals surface area contributed by atoms with Crippen molar-refractivity contribution in [1.29, 1.82) is 0 Å². The van der Waals surface area contributed by atoms with Crippen molar-refractivity contribution in [3.05, 3.63) is 82.2 Å². The van der Waals surface area contributed by atoms with Gasteiger partial charge < -0.3 is 10.0 Å². The van der Waals surface area contributed by atoms with Crippen LogP contribution in [0.4, 0.5) is 8.78 Å². The minimum Gasteiger partial charge on any atom is -0.481 e. The van der Waals surface area contributed by atoms with Crippen LogP contribution in [0.15, 0.2) is 42.6 Å². The van der Waals surface area contributed by atoms with Gasteiger partial charge >= 0.3 is 5.97 Å². The molecule has 0 fully saturated rings. The summed E-state index contributed by atoms with van der Waals surface area (Å²) in [7, 11) is 0. The quantitative estimate of drug-likeness (QED) is 0.673. The number of aromatic nitrogens is 3. The fourth-order valence-electron chi connectivity index (χ4n) is 3.47. The van der Waals surface area contributed by atoms with Gasteiger partial charge in [-0.15, -0.1) is 5.10 Å². The number of halogens is 2. The molecule has 1 aromatic heterocycles. The standard InChI is InChI=1S/C21H18F2N4O3/c22-18-7-15-10-26(11-16(15)8-19(18)23)21(30)14-3-1-2-13(6-14)9-27-12-17(24-25-27)4-5-20(28)29/h1-3,6-8,12H,4-5,9-11H2,(H,28,29). The number of carboxylic acids is 1. The molecule has 9 heteroatoms. The molecule has 0 spiro atoms. The molecular formula is C21H18F2N4O3. The Labute approximate surface area is 170 Å². The minimum absolute atomic E-state index is 0.0191. The highest BCUT2D eigenvalue weighted by atomic mass is 19.2. The van der Waals surface area contributed by atoms with E-state index in [1.54, 1.807) is 34.0 Å². The van der Waals surface area contributed by atoms with Crippen molar-refractivity contribution in [2.24, 2.45) is 0 Å². The Kier molecular flexibility index (Phi) is 5.26. The molecule has 1 amide bonds. The van der Waals surface area contributed by atoms with Crippen molar-refractivity contribution in [3.8, 4) is 0 Å². The molecule has 4 rings (SSSR count). The van der Waals surface area contributed by atoms with Crippen molar-refractivity contribution in [3.63, 3.8) is 0 Å². The Morgan fingerprint density at radius 3 is 2.43 bits per heavy atom. The summed E-state index contributed by atoms with van der Waals surface area (Å²) in [5.74, 6) is -2.96. The average Bonchev–Trinajstić information content (AvgIpc) is 3.33. The number of hydrogen-bond acceptors (Lipinski definition) is 4. The van der Waals surface area contributed by atoms with Gasteiger partial charge in [0.2, 0.25) is 0 Å². The summed E-state index contributed by atoms with van der Waals surface area (Å²) in [4.78, 5) is 25.1. The van der Waals surface area contributed by atoms with Gasteiger partial charge in [-0.05, 0) is 41.0 Å². The summed E-state index contributed by atoms with van der Waals surface area (Å²) in [5, 5.41) is 16.7. The normalized spacial score (nSPS) is 12.8. The molecule has 0 atom stereocenters. The molecule has 0 radical (unpaired) electrons. The molecule has 154 valence electrons. The fourth-order valence-corrected chi connectivity index (χ4v) is 3.47. The molecule has 0 saturated heterocycles. The molecule has 2 aromatic carbocycles. The van der Waals surface area contributed by atoms with E-state index in [1.165, 1.54) is 0 Å². The summed E-state index contributed by atoms with van der Waals surface area (Å²) in [5.41, 5.74) is 3.08. The average molecular weight is 412 g/mol. The summed E-state index contributed by atoms with van der Waals surface area (Å²) >= 11 is 0. The predicted molar refractivity (Wildman–Crippen MR) is 101 cm³/mol. The number of amides is 1. The predicted octanol–water partition coefficient (Wildman–Crippen LogP) is 2.78. The van der Waals surface area contributed by atoms with E-state index in [-0.39, 0.29) is 25.4 Å². The van der Waals surface area contributed by atoms with Gasteiger partial charge in [-0.3, -0.25) is 9.59 Å². The molecule has 7 nitrogen and oxygen atoms in total. The molecular weight excluding hydrogens is 394 g/mol. The number of benzene rings is 2. The highest BCUT2D eigenvalue weighted by Gasteiger charge is 2.26. The lowest BCUT2D eigenvalue weighted by molar-refractivity contribution is -0.136. The van der Waals surface area contributed by atoms with Crippen molar-refractivity contribution >= 4 is 11.9 Å². The van der Waals surface area contributed by atoms with E-state index in [1.807, 2.05) is 6.07 Å². The van der Waals surface area contributed by atoms with Gasteiger partial charge in [0.1, 0.15) is 0 Å². The molecule has 0 bridgehead atoms. The maximum atomic E-state index is 13.5. The topological polar surface area (TPSA) is 88.3 Å². The van der Waals surface area contributed by atoms with Gasteiger partial charge in [0.25, 0.3) is 5.91 Å². The number of carbonyl (C=O) groups excluding carboxylic acids is 1. The lowest BCUT2D eigenvalue weighted by atomic mass is 10.1. The lowest BCUT2D eigenvalue weighted by Gasteiger charge is -2.16. The highest BCUT2D eigenvalue weighted by molar-refractivity contribution is 5.94. The monoisotopic (exact) mass is 412 g/mol. The second-order valence-corrected chi connectivity index (χ2v) is 7.20. The number of nitrogens with zero attached hydrogens (tertiary/aromatic N) is 4. The SMILES string of the molecule is O=C(O)CCc1cn(Cc2cccc(C(=O)N3Cc4cc(F)c(F)cc4C3)c2)nn1. The van der Waals surface area contributed by atoms with Crippen LogP contribution in [0.25, 0.3) is 0 Å². The lowest BCUT2D eigenvalue weighted by Crippen LogP contribution is -2.25. The summed E-state index contributed by atoms with van der Waals surface area (Å²) in [6, 6.07) is 9.31. The number of aliphatic carboxylic acids is 1. The number of rotatable bonds is 6. The Balaban J connectivity index is 1.45.